The normalized spacial score (nSPS) is 18.8. The summed E-state index contributed by atoms with van der Waals surface area (Å²) in [7, 11) is 1.81. The van der Waals surface area contributed by atoms with E-state index in [1.165, 1.54) is 12.8 Å². The number of carbonyl (C=O) groups is 1. The third-order valence-corrected chi connectivity index (χ3v) is 5.19. The zero-order valence-electron chi connectivity index (χ0n) is 15.5. The summed E-state index contributed by atoms with van der Waals surface area (Å²) in [5.41, 5.74) is 1.03. The average molecular weight is 347 g/mol. The maximum Gasteiger partial charge on any atom is 0.317 e. The van der Waals surface area contributed by atoms with Crippen molar-refractivity contribution in [1.82, 2.24) is 15.1 Å². The van der Waals surface area contributed by atoms with Crippen LogP contribution in [0.2, 0.25) is 0 Å². The fourth-order valence-corrected chi connectivity index (χ4v) is 3.35. The van der Waals surface area contributed by atoms with Crippen molar-refractivity contribution in [3.8, 4) is 11.5 Å². The molecule has 2 aliphatic rings. The maximum atomic E-state index is 12.4. The van der Waals surface area contributed by atoms with Crippen LogP contribution in [0.1, 0.15) is 32.3 Å². The maximum absolute atomic E-state index is 12.4. The van der Waals surface area contributed by atoms with E-state index < -0.39 is 0 Å². The highest BCUT2D eigenvalue weighted by Gasteiger charge is 2.21. The number of rotatable bonds is 5. The second-order valence-electron chi connectivity index (χ2n) is 7.30. The molecular formula is C19H29N3O3. The molecule has 0 aromatic heterocycles. The molecule has 25 heavy (non-hydrogen) atoms. The standard InChI is InChI=1S/C19H29N3O3/c1-14-6-8-22(9-7-14)15(2)11-20-19(23)21(3)12-16-4-5-17-18(10-16)25-13-24-17/h4-5,10,14-15H,6-9,11-13H2,1-3H3,(H,20,23). The Morgan fingerprint density at radius 3 is 2.80 bits per heavy atom. The fourth-order valence-electron chi connectivity index (χ4n) is 3.35. The van der Waals surface area contributed by atoms with Crippen LogP contribution in [0.3, 0.4) is 0 Å². The van der Waals surface area contributed by atoms with Gasteiger partial charge >= 0.3 is 6.03 Å². The first-order valence-corrected chi connectivity index (χ1v) is 9.14. The SMILES string of the molecule is CC1CCN(C(C)CNC(=O)N(C)Cc2ccc3c(c2)OCO3)CC1. The second kappa shape index (κ2) is 7.95. The Morgan fingerprint density at radius 1 is 1.32 bits per heavy atom. The molecule has 2 heterocycles. The third-order valence-electron chi connectivity index (χ3n) is 5.19. The molecule has 0 bridgehead atoms. The van der Waals surface area contributed by atoms with Crippen LogP contribution < -0.4 is 14.8 Å². The summed E-state index contributed by atoms with van der Waals surface area (Å²) in [5, 5.41) is 3.05. The highest BCUT2D eigenvalue weighted by molar-refractivity contribution is 5.73. The number of carbonyl (C=O) groups excluding carboxylic acids is 1. The van der Waals surface area contributed by atoms with Crippen molar-refractivity contribution in [2.75, 3.05) is 33.5 Å². The third kappa shape index (κ3) is 4.57. The summed E-state index contributed by atoms with van der Waals surface area (Å²) in [5.74, 6) is 2.34. The van der Waals surface area contributed by atoms with Gasteiger partial charge in [-0.1, -0.05) is 13.0 Å². The summed E-state index contributed by atoms with van der Waals surface area (Å²) in [6.07, 6.45) is 2.50. The van der Waals surface area contributed by atoms with Crippen molar-refractivity contribution in [3.63, 3.8) is 0 Å². The summed E-state index contributed by atoms with van der Waals surface area (Å²) >= 11 is 0. The Hall–Kier alpha value is -1.95. The van der Waals surface area contributed by atoms with E-state index in [1.807, 2.05) is 25.2 Å². The minimum atomic E-state index is -0.0464. The van der Waals surface area contributed by atoms with Gasteiger partial charge in [-0.05, 0) is 56.5 Å². The molecule has 0 saturated carbocycles. The molecule has 1 aromatic carbocycles. The molecule has 0 aliphatic carbocycles. The minimum absolute atomic E-state index is 0.0464. The smallest absolute Gasteiger partial charge is 0.317 e. The first-order valence-electron chi connectivity index (χ1n) is 9.14. The van der Waals surface area contributed by atoms with Crippen LogP contribution in [0.25, 0.3) is 0 Å². The van der Waals surface area contributed by atoms with Crippen molar-refractivity contribution in [1.29, 1.82) is 0 Å². The topological polar surface area (TPSA) is 54.0 Å². The molecule has 1 saturated heterocycles. The van der Waals surface area contributed by atoms with Crippen molar-refractivity contribution in [2.45, 2.75) is 39.3 Å². The molecule has 3 rings (SSSR count). The van der Waals surface area contributed by atoms with E-state index in [2.05, 4.69) is 24.1 Å². The van der Waals surface area contributed by atoms with Gasteiger partial charge in [-0.2, -0.15) is 0 Å². The summed E-state index contributed by atoms with van der Waals surface area (Å²) < 4.78 is 10.7. The number of fused-ring (bicyclic) bond motifs is 1. The van der Waals surface area contributed by atoms with E-state index in [0.29, 0.717) is 19.1 Å². The summed E-state index contributed by atoms with van der Waals surface area (Å²) in [4.78, 5) is 16.5. The van der Waals surface area contributed by atoms with E-state index in [9.17, 15) is 4.79 Å². The van der Waals surface area contributed by atoms with E-state index >= 15 is 0 Å². The number of amides is 2. The monoisotopic (exact) mass is 347 g/mol. The van der Waals surface area contributed by atoms with Crippen molar-refractivity contribution >= 4 is 6.03 Å². The lowest BCUT2D eigenvalue weighted by Gasteiger charge is -2.35. The van der Waals surface area contributed by atoms with Gasteiger partial charge in [0.25, 0.3) is 0 Å². The first kappa shape index (κ1) is 17.9. The molecule has 2 amide bonds. The van der Waals surface area contributed by atoms with Crippen LogP contribution >= 0.6 is 0 Å². The van der Waals surface area contributed by atoms with E-state index in [4.69, 9.17) is 9.47 Å². The molecule has 2 aliphatic heterocycles. The molecule has 1 atom stereocenters. The zero-order valence-corrected chi connectivity index (χ0v) is 15.5. The summed E-state index contributed by atoms with van der Waals surface area (Å²) in [6.45, 7) is 8.25. The molecule has 1 aromatic rings. The van der Waals surface area contributed by atoms with Gasteiger partial charge in [-0.3, -0.25) is 4.90 Å². The Kier molecular flexibility index (Phi) is 5.68. The van der Waals surface area contributed by atoms with Gasteiger partial charge in [-0.15, -0.1) is 0 Å². The predicted molar refractivity (Wildman–Crippen MR) is 96.9 cm³/mol. The molecule has 1 unspecified atom stereocenters. The number of urea groups is 1. The average Bonchev–Trinajstić information content (AvgIpc) is 3.07. The van der Waals surface area contributed by atoms with Gasteiger partial charge < -0.3 is 19.7 Å². The van der Waals surface area contributed by atoms with Crippen LogP contribution in [0.4, 0.5) is 4.79 Å². The molecule has 0 radical (unpaired) electrons. The fraction of sp³-hybridized carbons (Fsp3) is 0.632. The number of piperidine rings is 1. The lowest BCUT2D eigenvalue weighted by Crippen LogP contribution is -2.47. The molecule has 138 valence electrons. The number of nitrogens with one attached hydrogen (secondary N) is 1. The zero-order chi connectivity index (χ0) is 17.8. The number of nitrogens with zero attached hydrogens (tertiary/aromatic N) is 2. The number of likely N-dealkylation sites (tertiary alicyclic amines) is 1. The minimum Gasteiger partial charge on any atom is -0.454 e. The van der Waals surface area contributed by atoms with Gasteiger partial charge in [0.05, 0.1) is 0 Å². The highest BCUT2D eigenvalue weighted by Crippen LogP contribution is 2.32. The highest BCUT2D eigenvalue weighted by atomic mass is 16.7. The lowest BCUT2D eigenvalue weighted by molar-refractivity contribution is 0.142. The van der Waals surface area contributed by atoms with Crippen molar-refractivity contribution in [2.24, 2.45) is 5.92 Å². The van der Waals surface area contributed by atoms with Gasteiger partial charge in [0.2, 0.25) is 6.79 Å². The molecule has 6 nitrogen and oxygen atoms in total. The van der Waals surface area contributed by atoms with Crippen LogP contribution in [-0.4, -0.2) is 55.3 Å². The number of benzene rings is 1. The quantitative estimate of drug-likeness (QED) is 0.890. The first-order chi connectivity index (χ1) is 12.0. The largest absolute Gasteiger partial charge is 0.454 e. The van der Waals surface area contributed by atoms with Gasteiger partial charge in [-0.25, -0.2) is 4.79 Å². The number of ether oxygens (including phenoxy) is 2. The Bertz CT molecular complexity index is 600. The van der Waals surface area contributed by atoms with Gasteiger partial charge in [0, 0.05) is 26.2 Å². The lowest BCUT2D eigenvalue weighted by atomic mass is 9.98. The Morgan fingerprint density at radius 2 is 2.04 bits per heavy atom. The molecule has 1 N–H and O–H groups in total. The summed E-state index contributed by atoms with van der Waals surface area (Å²) in [6, 6.07) is 6.12. The number of hydrogen-bond donors (Lipinski definition) is 1. The van der Waals surface area contributed by atoms with Crippen LogP contribution in [0, 0.1) is 5.92 Å². The van der Waals surface area contributed by atoms with Gasteiger partial charge in [0.1, 0.15) is 0 Å². The van der Waals surface area contributed by atoms with E-state index in [0.717, 1.165) is 36.1 Å². The van der Waals surface area contributed by atoms with Crippen LogP contribution in [0.15, 0.2) is 18.2 Å². The molecule has 0 spiro atoms. The van der Waals surface area contributed by atoms with E-state index in [-0.39, 0.29) is 12.8 Å². The van der Waals surface area contributed by atoms with Crippen molar-refractivity contribution < 1.29 is 14.3 Å². The van der Waals surface area contributed by atoms with E-state index in [1.54, 1.807) is 4.90 Å². The van der Waals surface area contributed by atoms with Crippen LogP contribution in [0.5, 0.6) is 11.5 Å². The van der Waals surface area contributed by atoms with Crippen molar-refractivity contribution in [3.05, 3.63) is 23.8 Å². The predicted octanol–water partition coefficient (Wildman–Crippen LogP) is 2.68. The molecule has 6 heteroatoms. The molecule has 1 fully saturated rings. The second-order valence-corrected chi connectivity index (χ2v) is 7.30. The molecular weight excluding hydrogens is 318 g/mol. The Balaban J connectivity index is 1.44. The van der Waals surface area contributed by atoms with Gasteiger partial charge in [0.15, 0.2) is 11.5 Å². The number of hydrogen-bond acceptors (Lipinski definition) is 4. The van der Waals surface area contributed by atoms with Crippen LogP contribution in [-0.2, 0) is 6.54 Å². The Labute approximate surface area is 150 Å².